The second-order valence-electron chi connectivity index (χ2n) is 5.00. The van der Waals surface area contributed by atoms with Gasteiger partial charge in [-0.05, 0) is 36.4 Å². The van der Waals surface area contributed by atoms with Crippen LogP contribution in [-0.2, 0) is 16.6 Å². The molecule has 0 aliphatic rings. The van der Waals surface area contributed by atoms with Gasteiger partial charge in [0.2, 0.25) is 0 Å². The first-order valence-electron chi connectivity index (χ1n) is 7.51. The van der Waals surface area contributed by atoms with Gasteiger partial charge in [-0.3, -0.25) is 4.79 Å². The highest BCUT2D eigenvalue weighted by molar-refractivity contribution is 7.91. The fraction of sp³-hybridized carbons (Fsp3) is 0.312. The van der Waals surface area contributed by atoms with Crippen LogP contribution in [0.4, 0.5) is 4.39 Å². The highest BCUT2D eigenvalue weighted by Crippen LogP contribution is 2.24. The molecule has 1 N–H and O–H groups in total. The van der Waals surface area contributed by atoms with Crippen LogP contribution in [0.3, 0.4) is 0 Å². The van der Waals surface area contributed by atoms with Crippen molar-refractivity contribution in [2.45, 2.75) is 24.6 Å². The van der Waals surface area contributed by atoms with Crippen molar-refractivity contribution in [3.63, 3.8) is 0 Å². The third kappa shape index (κ3) is 4.19. The Bertz CT molecular complexity index is 797. The lowest BCUT2D eigenvalue weighted by Crippen LogP contribution is -2.30. The van der Waals surface area contributed by atoms with E-state index in [2.05, 4.69) is 5.32 Å². The van der Waals surface area contributed by atoms with Gasteiger partial charge in [0.25, 0.3) is 15.9 Å². The van der Waals surface area contributed by atoms with Crippen molar-refractivity contribution in [2.75, 3.05) is 13.1 Å². The van der Waals surface area contributed by atoms with E-state index in [0.717, 1.165) is 16.2 Å². The monoisotopic (exact) mass is 370 g/mol. The summed E-state index contributed by atoms with van der Waals surface area (Å²) < 4.78 is 39.3. The number of carbonyl (C=O) groups excluding carboxylic acids is 1. The zero-order valence-corrected chi connectivity index (χ0v) is 15.1. The van der Waals surface area contributed by atoms with E-state index in [9.17, 15) is 17.6 Å². The summed E-state index contributed by atoms with van der Waals surface area (Å²) >= 11 is 1.13. The van der Waals surface area contributed by atoms with Crippen molar-refractivity contribution in [1.29, 1.82) is 0 Å². The number of hydrogen-bond donors (Lipinski definition) is 1. The smallest absolute Gasteiger partial charge is 0.252 e. The normalized spacial score (nSPS) is 11.7. The molecule has 1 heterocycles. The van der Waals surface area contributed by atoms with E-state index in [1.54, 1.807) is 26.0 Å². The van der Waals surface area contributed by atoms with Crippen LogP contribution in [0.25, 0.3) is 0 Å². The number of nitrogens with zero attached hydrogens (tertiary/aromatic N) is 1. The summed E-state index contributed by atoms with van der Waals surface area (Å²) in [6.07, 6.45) is 0. The van der Waals surface area contributed by atoms with Gasteiger partial charge < -0.3 is 5.32 Å². The van der Waals surface area contributed by atoms with Gasteiger partial charge in [-0.25, -0.2) is 12.8 Å². The Hall–Kier alpha value is -1.77. The standard InChI is InChI=1S/C16H19FN2O3S2/c1-3-19(4-2)24(21,22)15-10-9-14(23-15)11-18-16(20)12-5-7-13(17)8-6-12/h5-10H,3-4,11H2,1-2H3,(H,18,20). The second-order valence-corrected chi connectivity index (χ2v) is 8.33. The molecule has 0 saturated heterocycles. The lowest BCUT2D eigenvalue weighted by Gasteiger charge is -2.16. The second kappa shape index (κ2) is 7.87. The van der Waals surface area contributed by atoms with Crippen molar-refractivity contribution in [1.82, 2.24) is 9.62 Å². The molecule has 5 nitrogen and oxygen atoms in total. The fourth-order valence-corrected chi connectivity index (χ4v) is 5.06. The zero-order valence-electron chi connectivity index (χ0n) is 13.5. The quantitative estimate of drug-likeness (QED) is 0.815. The van der Waals surface area contributed by atoms with E-state index < -0.39 is 15.8 Å². The van der Waals surface area contributed by atoms with Crippen LogP contribution in [0.2, 0.25) is 0 Å². The molecular weight excluding hydrogens is 351 g/mol. The summed E-state index contributed by atoms with van der Waals surface area (Å²) in [5.41, 5.74) is 0.351. The molecule has 0 atom stereocenters. The predicted octanol–water partition coefficient (Wildman–Crippen LogP) is 2.85. The maximum atomic E-state index is 12.8. The fourth-order valence-electron chi connectivity index (χ4n) is 2.15. The van der Waals surface area contributed by atoms with Gasteiger partial charge in [-0.2, -0.15) is 4.31 Å². The molecule has 0 unspecified atom stereocenters. The molecule has 0 fully saturated rings. The summed E-state index contributed by atoms with van der Waals surface area (Å²) in [6, 6.07) is 8.47. The summed E-state index contributed by atoms with van der Waals surface area (Å²) in [5.74, 6) is -0.743. The number of halogens is 1. The number of amides is 1. The highest BCUT2D eigenvalue weighted by atomic mass is 32.2. The highest BCUT2D eigenvalue weighted by Gasteiger charge is 2.23. The molecule has 0 spiro atoms. The molecule has 1 aromatic carbocycles. The SMILES string of the molecule is CCN(CC)S(=O)(=O)c1ccc(CNC(=O)c2ccc(F)cc2)s1. The number of thiophene rings is 1. The number of carbonyl (C=O) groups is 1. The van der Waals surface area contributed by atoms with Crippen LogP contribution < -0.4 is 5.32 Å². The summed E-state index contributed by atoms with van der Waals surface area (Å²) in [4.78, 5) is 12.7. The van der Waals surface area contributed by atoms with Crippen molar-refractivity contribution < 1.29 is 17.6 Å². The van der Waals surface area contributed by atoms with Crippen LogP contribution in [0.15, 0.2) is 40.6 Å². The minimum absolute atomic E-state index is 0.217. The Morgan fingerprint density at radius 3 is 2.33 bits per heavy atom. The molecule has 0 aliphatic carbocycles. The Balaban J connectivity index is 2.04. The van der Waals surface area contributed by atoms with Gasteiger partial charge in [-0.15, -0.1) is 11.3 Å². The van der Waals surface area contributed by atoms with E-state index in [4.69, 9.17) is 0 Å². The molecule has 0 radical (unpaired) electrons. The van der Waals surface area contributed by atoms with Crippen molar-refractivity contribution in [2.24, 2.45) is 0 Å². The molecule has 0 bridgehead atoms. The minimum atomic E-state index is -3.48. The number of hydrogen-bond acceptors (Lipinski definition) is 4. The lowest BCUT2D eigenvalue weighted by atomic mass is 10.2. The first kappa shape index (κ1) is 18.6. The van der Waals surface area contributed by atoms with Crippen LogP contribution >= 0.6 is 11.3 Å². The minimum Gasteiger partial charge on any atom is -0.347 e. The average Bonchev–Trinajstić information content (AvgIpc) is 3.04. The molecule has 0 aliphatic heterocycles. The predicted molar refractivity (Wildman–Crippen MR) is 92.0 cm³/mol. The number of nitrogens with one attached hydrogen (secondary N) is 1. The molecule has 8 heteroatoms. The first-order valence-corrected chi connectivity index (χ1v) is 9.76. The first-order chi connectivity index (χ1) is 11.4. The molecular formula is C16H19FN2O3S2. The summed E-state index contributed by atoms with van der Waals surface area (Å²) in [6.45, 7) is 4.62. The molecule has 2 rings (SSSR count). The van der Waals surface area contributed by atoms with Crippen LogP contribution in [-0.4, -0.2) is 31.7 Å². The van der Waals surface area contributed by atoms with Gasteiger partial charge >= 0.3 is 0 Å². The molecule has 0 saturated carbocycles. The molecule has 2 aromatic rings. The maximum Gasteiger partial charge on any atom is 0.252 e. The third-order valence-corrected chi connectivity index (χ3v) is 7.07. The molecule has 1 aromatic heterocycles. The number of benzene rings is 1. The Kier molecular flexibility index (Phi) is 6.09. The maximum absolute atomic E-state index is 12.8. The lowest BCUT2D eigenvalue weighted by molar-refractivity contribution is 0.0951. The van der Waals surface area contributed by atoms with Gasteiger partial charge in [0.1, 0.15) is 10.0 Å². The van der Waals surface area contributed by atoms with Crippen LogP contribution in [0.1, 0.15) is 29.1 Å². The third-order valence-electron chi connectivity index (χ3n) is 3.47. The van der Waals surface area contributed by atoms with Crippen molar-refractivity contribution in [3.8, 4) is 0 Å². The van der Waals surface area contributed by atoms with Gasteiger partial charge in [0.15, 0.2) is 0 Å². The zero-order chi connectivity index (χ0) is 17.7. The Labute approximate surface area is 145 Å². The Morgan fingerprint density at radius 1 is 1.12 bits per heavy atom. The van der Waals surface area contributed by atoms with Gasteiger partial charge in [0, 0.05) is 23.5 Å². The number of rotatable bonds is 7. The summed E-state index contributed by atoms with van der Waals surface area (Å²) in [7, 11) is -3.48. The Morgan fingerprint density at radius 2 is 1.75 bits per heavy atom. The van der Waals surface area contributed by atoms with E-state index >= 15 is 0 Å². The van der Waals surface area contributed by atoms with Gasteiger partial charge in [0.05, 0.1) is 6.54 Å². The number of sulfonamides is 1. The van der Waals surface area contributed by atoms with E-state index in [1.807, 2.05) is 0 Å². The summed E-state index contributed by atoms with van der Waals surface area (Å²) in [5, 5.41) is 2.70. The van der Waals surface area contributed by atoms with Gasteiger partial charge in [-0.1, -0.05) is 13.8 Å². The van der Waals surface area contributed by atoms with Crippen LogP contribution in [0, 0.1) is 5.82 Å². The molecule has 1 amide bonds. The van der Waals surface area contributed by atoms with Crippen molar-refractivity contribution in [3.05, 3.63) is 52.7 Å². The average molecular weight is 370 g/mol. The topological polar surface area (TPSA) is 66.5 Å². The molecule has 24 heavy (non-hydrogen) atoms. The van der Waals surface area contributed by atoms with Crippen LogP contribution in [0.5, 0.6) is 0 Å². The van der Waals surface area contributed by atoms with Crippen molar-refractivity contribution >= 4 is 27.3 Å². The van der Waals surface area contributed by atoms with E-state index in [0.29, 0.717) is 18.7 Å². The largest absolute Gasteiger partial charge is 0.347 e. The molecule has 130 valence electrons. The van der Waals surface area contributed by atoms with E-state index in [1.165, 1.54) is 28.6 Å². The van der Waals surface area contributed by atoms with E-state index in [-0.39, 0.29) is 16.7 Å².